The number of hydrogen-bond donors (Lipinski definition) is 3. The molecule has 1 amide bonds. The van der Waals surface area contributed by atoms with E-state index in [1.807, 2.05) is 39.1 Å². The molecule has 0 saturated heterocycles. The zero-order valence-electron chi connectivity index (χ0n) is 23.0. The summed E-state index contributed by atoms with van der Waals surface area (Å²) < 4.78 is 0. The molecule has 0 atom stereocenters. The van der Waals surface area contributed by atoms with Crippen LogP contribution in [0.4, 0.5) is 5.69 Å². The molecule has 1 fully saturated rings. The first-order chi connectivity index (χ1) is 18.3. The van der Waals surface area contributed by atoms with E-state index < -0.39 is 0 Å². The number of allylic oxidation sites excluding steroid dienone is 6. The number of anilines is 1. The zero-order valence-corrected chi connectivity index (χ0v) is 23.0. The number of aromatic nitrogens is 2. The number of aliphatic imine (C=N–C) groups is 1. The van der Waals surface area contributed by atoms with Crippen molar-refractivity contribution in [2.75, 3.05) is 5.32 Å². The fraction of sp³-hybridized carbons (Fsp3) is 0.375. The van der Waals surface area contributed by atoms with Crippen LogP contribution in [0.1, 0.15) is 71.9 Å². The second kappa shape index (κ2) is 12.1. The fourth-order valence-electron chi connectivity index (χ4n) is 5.16. The summed E-state index contributed by atoms with van der Waals surface area (Å²) in [5, 5.41) is 3.74. The lowest BCUT2D eigenvalue weighted by atomic mass is 9.78. The number of nitrogens with zero attached hydrogens (tertiary/aromatic N) is 2. The van der Waals surface area contributed by atoms with E-state index in [-0.39, 0.29) is 11.6 Å². The van der Waals surface area contributed by atoms with E-state index in [0.717, 1.165) is 51.5 Å². The maximum Gasteiger partial charge on any atom is 0.271 e. The van der Waals surface area contributed by atoms with Gasteiger partial charge in [0.25, 0.3) is 5.91 Å². The summed E-state index contributed by atoms with van der Waals surface area (Å²) in [6.45, 7) is 12.1. The van der Waals surface area contributed by atoms with E-state index in [2.05, 4.69) is 46.7 Å². The second-order valence-corrected chi connectivity index (χ2v) is 10.4. The van der Waals surface area contributed by atoms with E-state index >= 15 is 0 Å². The molecule has 2 aromatic rings. The zero-order chi connectivity index (χ0) is 27.2. The van der Waals surface area contributed by atoms with Crippen molar-refractivity contribution in [3.63, 3.8) is 0 Å². The van der Waals surface area contributed by atoms with Gasteiger partial charge in [0.05, 0.1) is 11.9 Å². The Morgan fingerprint density at radius 2 is 1.95 bits per heavy atom. The van der Waals surface area contributed by atoms with Gasteiger partial charge in [-0.15, -0.1) is 5.73 Å². The molecule has 0 unspecified atom stereocenters. The van der Waals surface area contributed by atoms with Crippen molar-refractivity contribution in [2.45, 2.75) is 66.2 Å². The third-order valence-corrected chi connectivity index (χ3v) is 7.83. The Balaban J connectivity index is 1.50. The first-order valence-corrected chi connectivity index (χ1v) is 13.6. The Morgan fingerprint density at radius 1 is 1.21 bits per heavy atom. The molecule has 198 valence electrons. The molecule has 0 spiro atoms. The van der Waals surface area contributed by atoms with Crippen molar-refractivity contribution in [2.24, 2.45) is 22.6 Å². The molecular weight excluding hydrogens is 470 g/mol. The van der Waals surface area contributed by atoms with Gasteiger partial charge >= 0.3 is 0 Å². The van der Waals surface area contributed by atoms with Crippen molar-refractivity contribution < 1.29 is 4.79 Å². The molecule has 6 heteroatoms. The SMILES string of the molecule is C=C1C=CC(c2cc3cc(NC(=O)/C(N)=C(\C)C(C)=C=CC)cnc3[nH]2)=CN=C1CC1CCC(CC)CC1. The Bertz CT molecular complexity index is 1420. The van der Waals surface area contributed by atoms with Gasteiger partial charge in [0.1, 0.15) is 11.3 Å². The van der Waals surface area contributed by atoms with Crippen LogP contribution in [0.5, 0.6) is 0 Å². The maximum absolute atomic E-state index is 12.7. The van der Waals surface area contributed by atoms with Crippen LogP contribution >= 0.6 is 0 Å². The molecule has 0 aromatic carbocycles. The Morgan fingerprint density at radius 3 is 2.66 bits per heavy atom. The highest BCUT2D eigenvalue weighted by molar-refractivity contribution is 6.05. The minimum atomic E-state index is -0.366. The highest BCUT2D eigenvalue weighted by Crippen LogP contribution is 2.34. The molecule has 2 aromatic heterocycles. The predicted octanol–water partition coefficient (Wildman–Crippen LogP) is 7.37. The largest absolute Gasteiger partial charge is 0.394 e. The minimum Gasteiger partial charge on any atom is -0.394 e. The van der Waals surface area contributed by atoms with Crippen molar-refractivity contribution >= 4 is 33.9 Å². The summed E-state index contributed by atoms with van der Waals surface area (Å²) in [5.74, 6) is 1.22. The summed E-state index contributed by atoms with van der Waals surface area (Å²) in [6, 6.07) is 3.91. The number of hydrogen-bond acceptors (Lipinski definition) is 4. The van der Waals surface area contributed by atoms with E-state index in [0.29, 0.717) is 17.2 Å². The van der Waals surface area contributed by atoms with Crippen molar-refractivity contribution in [1.82, 2.24) is 9.97 Å². The summed E-state index contributed by atoms with van der Waals surface area (Å²) in [5.41, 5.74) is 16.1. The smallest absolute Gasteiger partial charge is 0.271 e. The lowest BCUT2D eigenvalue weighted by Gasteiger charge is -2.28. The lowest BCUT2D eigenvalue weighted by Crippen LogP contribution is -2.21. The molecule has 2 aliphatic rings. The number of rotatable bonds is 7. The average Bonchev–Trinajstić information content (AvgIpc) is 3.26. The molecule has 1 aliphatic heterocycles. The molecule has 6 nitrogen and oxygen atoms in total. The van der Waals surface area contributed by atoms with E-state index in [1.165, 1.54) is 32.1 Å². The van der Waals surface area contributed by atoms with Crippen molar-refractivity contribution in [3.8, 4) is 0 Å². The predicted molar refractivity (Wildman–Crippen MR) is 159 cm³/mol. The summed E-state index contributed by atoms with van der Waals surface area (Å²) in [4.78, 5) is 25.4. The van der Waals surface area contributed by atoms with Crippen LogP contribution in [0.25, 0.3) is 16.6 Å². The van der Waals surface area contributed by atoms with Crippen LogP contribution in [0, 0.1) is 11.8 Å². The monoisotopic (exact) mass is 509 g/mol. The Kier molecular flexibility index (Phi) is 8.65. The molecule has 4 rings (SSSR count). The Hall–Kier alpha value is -3.89. The third kappa shape index (κ3) is 6.32. The Labute approximate surface area is 225 Å². The quantitative estimate of drug-likeness (QED) is 0.206. The van der Waals surface area contributed by atoms with Gasteiger partial charge in [-0.1, -0.05) is 44.9 Å². The molecule has 1 saturated carbocycles. The van der Waals surface area contributed by atoms with E-state index in [1.54, 1.807) is 12.3 Å². The van der Waals surface area contributed by atoms with Gasteiger partial charge in [0.15, 0.2) is 0 Å². The van der Waals surface area contributed by atoms with Crippen LogP contribution in [0.15, 0.2) is 82.5 Å². The van der Waals surface area contributed by atoms with Crippen LogP contribution < -0.4 is 11.1 Å². The molecule has 4 N–H and O–H groups in total. The van der Waals surface area contributed by atoms with Gasteiger partial charge in [-0.2, -0.15) is 0 Å². The maximum atomic E-state index is 12.7. The number of fused-ring (bicyclic) bond motifs is 1. The van der Waals surface area contributed by atoms with Crippen molar-refractivity contribution in [1.29, 1.82) is 0 Å². The van der Waals surface area contributed by atoms with Gasteiger partial charge in [-0.3, -0.25) is 9.79 Å². The third-order valence-electron chi connectivity index (χ3n) is 7.83. The van der Waals surface area contributed by atoms with E-state index in [9.17, 15) is 4.79 Å². The molecule has 0 radical (unpaired) electrons. The van der Waals surface area contributed by atoms with Crippen LogP contribution in [0.3, 0.4) is 0 Å². The number of aromatic amines is 1. The summed E-state index contributed by atoms with van der Waals surface area (Å²) >= 11 is 0. The van der Waals surface area contributed by atoms with Gasteiger partial charge in [0, 0.05) is 28.6 Å². The first kappa shape index (κ1) is 27.2. The topological polar surface area (TPSA) is 96.2 Å². The molecule has 0 bridgehead atoms. The number of amides is 1. The summed E-state index contributed by atoms with van der Waals surface area (Å²) in [6.07, 6.45) is 17.0. The number of nitrogens with two attached hydrogens (primary N) is 1. The average molecular weight is 510 g/mol. The number of nitrogens with one attached hydrogen (secondary N) is 2. The van der Waals surface area contributed by atoms with Gasteiger partial charge in [0.2, 0.25) is 0 Å². The fourth-order valence-corrected chi connectivity index (χ4v) is 5.16. The van der Waals surface area contributed by atoms with Gasteiger partial charge in [-0.25, -0.2) is 4.98 Å². The lowest BCUT2D eigenvalue weighted by molar-refractivity contribution is -0.112. The molecule has 3 heterocycles. The molecule has 1 aliphatic carbocycles. The van der Waals surface area contributed by atoms with Crippen LogP contribution in [-0.4, -0.2) is 21.6 Å². The summed E-state index contributed by atoms with van der Waals surface area (Å²) in [7, 11) is 0. The van der Waals surface area contributed by atoms with Crippen molar-refractivity contribution in [3.05, 3.63) is 83.2 Å². The highest BCUT2D eigenvalue weighted by atomic mass is 16.2. The van der Waals surface area contributed by atoms with Gasteiger partial charge < -0.3 is 16.0 Å². The molecule has 38 heavy (non-hydrogen) atoms. The second-order valence-electron chi connectivity index (χ2n) is 10.4. The normalized spacial score (nSPS) is 20.2. The molecular formula is C32H39N5O. The number of carbonyl (C=O) groups excluding carboxylic acids is 1. The van der Waals surface area contributed by atoms with E-state index in [4.69, 9.17) is 10.7 Å². The number of H-pyrrole nitrogens is 1. The van der Waals surface area contributed by atoms with Gasteiger partial charge in [-0.05, 0) is 86.8 Å². The number of pyridine rings is 1. The first-order valence-electron chi connectivity index (χ1n) is 13.6. The minimum absolute atomic E-state index is 0.160. The highest BCUT2D eigenvalue weighted by Gasteiger charge is 2.22. The number of carbonyl (C=O) groups is 1. The van der Waals surface area contributed by atoms with Crippen LogP contribution in [0.2, 0.25) is 0 Å². The standard InChI is InChI=1S/C32H39N5O/c1-6-8-20(3)22(5)30(33)32(38)36-27-16-26-17-29(37-31(26)35-19-27)25-14-9-21(4)28(34-18-25)15-24-12-10-23(7-2)11-13-24/h6,9,14,16-19,23-24H,4,7,10-13,15,33H2,1-3,5H3,(H,35,37)(H,36,38)/b30-22-. The van der Waals surface area contributed by atoms with Crippen LogP contribution in [-0.2, 0) is 4.79 Å².